The van der Waals surface area contributed by atoms with Crippen molar-refractivity contribution in [3.05, 3.63) is 67.0 Å². The van der Waals surface area contributed by atoms with Crippen molar-refractivity contribution in [2.75, 3.05) is 13.2 Å². The number of nitrogens with zero attached hydrogens (tertiary/aromatic N) is 2. The lowest BCUT2D eigenvalue weighted by Crippen LogP contribution is -2.41. The number of hydrogen-bond donors (Lipinski definition) is 1. The molecule has 0 fully saturated rings. The van der Waals surface area contributed by atoms with Gasteiger partial charge in [-0.15, -0.1) is 0 Å². The van der Waals surface area contributed by atoms with E-state index in [1.54, 1.807) is 13.8 Å². The summed E-state index contributed by atoms with van der Waals surface area (Å²) in [5, 5.41) is 8.88. The zero-order valence-corrected chi connectivity index (χ0v) is 15.6. The van der Waals surface area contributed by atoms with Crippen LogP contribution in [0.15, 0.2) is 27.8 Å². The number of hydrogen-bond acceptors (Lipinski definition) is 4. The average Bonchev–Trinajstić information content (AvgIpc) is 2.54. The summed E-state index contributed by atoms with van der Waals surface area (Å²) in [6.45, 7) is 7.07. The smallest absolute Gasteiger partial charge is 0.362 e. The first-order valence-electron chi connectivity index (χ1n) is 8.56. The Hall–Kier alpha value is -2.25. The largest absolute Gasteiger partial charge is 0.394 e. The average molecular weight is 364 g/mol. The van der Waals surface area contributed by atoms with Gasteiger partial charge in [-0.1, -0.05) is 52.4 Å². The monoisotopic (exact) mass is 364 g/mol. The van der Waals surface area contributed by atoms with E-state index in [1.807, 2.05) is 32.0 Å². The number of rotatable bonds is 7. The highest BCUT2D eigenvalue weighted by atomic mass is 19.2. The molecule has 7 heteroatoms. The molecule has 0 bridgehead atoms. The first-order valence-corrected chi connectivity index (χ1v) is 8.56. The number of ether oxygens (including phenoxy) is 1. The Kier molecular flexibility index (Phi) is 6.50. The van der Waals surface area contributed by atoms with Gasteiger partial charge in [-0.25, -0.2) is 4.79 Å². The van der Waals surface area contributed by atoms with E-state index in [4.69, 9.17) is 9.84 Å². The van der Waals surface area contributed by atoms with Gasteiger partial charge in [-0.05, 0) is 25.3 Å². The third kappa shape index (κ3) is 4.28. The summed E-state index contributed by atoms with van der Waals surface area (Å²) in [5.41, 5.74) is 1.74. The molecule has 0 amide bonds. The number of halogens is 1. The lowest BCUT2D eigenvalue weighted by Gasteiger charge is -2.19. The second-order valence-corrected chi connectivity index (χ2v) is 6.75. The van der Waals surface area contributed by atoms with Crippen molar-refractivity contribution in [1.29, 1.82) is 0 Å². The van der Waals surface area contributed by atoms with Crippen molar-refractivity contribution < 1.29 is 14.3 Å². The number of aryl methyl sites for hydroxylation is 2. The molecular formula is C19H25FN2O4. The molecule has 26 heavy (non-hydrogen) atoms. The Morgan fingerprint density at radius 1 is 1.15 bits per heavy atom. The van der Waals surface area contributed by atoms with Gasteiger partial charge in [0.15, 0.2) is 0 Å². The maximum absolute atomic E-state index is 14.1. The molecule has 1 heterocycles. The Bertz CT molecular complexity index is 879. The highest BCUT2D eigenvalue weighted by Gasteiger charge is 2.22. The van der Waals surface area contributed by atoms with Crippen LogP contribution < -0.4 is 11.2 Å². The second-order valence-electron chi connectivity index (χ2n) is 6.75. The molecule has 0 aliphatic carbocycles. The summed E-state index contributed by atoms with van der Waals surface area (Å²) in [6, 6.07) is 5.98. The fraction of sp³-hybridized carbons (Fsp3) is 0.474. The molecule has 0 spiro atoms. The standard InChI is InChI=1S/C19H25FN2O4/c1-12(2)17-16(10-15-8-13(3)7-14(4)9-15)21(11-26-6-5-23)19(25)22(20)18(17)24/h7-9,12,23H,5-6,10-11H2,1-4H3. The van der Waals surface area contributed by atoms with Gasteiger partial charge in [0.1, 0.15) is 6.73 Å². The van der Waals surface area contributed by atoms with E-state index in [2.05, 4.69) is 0 Å². The Morgan fingerprint density at radius 3 is 2.31 bits per heavy atom. The molecule has 6 nitrogen and oxygen atoms in total. The van der Waals surface area contributed by atoms with Gasteiger partial charge >= 0.3 is 5.69 Å². The minimum atomic E-state index is -1.07. The number of aliphatic hydroxyl groups is 1. The van der Waals surface area contributed by atoms with Crippen LogP contribution in [0.1, 0.15) is 47.7 Å². The van der Waals surface area contributed by atoms with Crippen molar-refractivity contribution in [1.82, 2.24) is 9.36 Å². The molecule has 2 aromatic rings. The predicted molar refractivity (Wildman–Crippen MR) is 97.3 cm³/mol. The van der Waals surface area contributed by atoms with E-state index in [0.717, 1.165) is 21.3 Å². The molecule has 0 radical (unpaired) electrons. The Balaban J connectivity index is 2.66. The molecule has 1 aromatic heterocycles. The van der Waals surface area contributed by atoms with E-state index in [0.29, 0.717) is 12.1 Å². The lowest BCUT2D eigenvalue weighted by molar-refractivity contribution is 0.0416. The Labute approximate surface area is 151 Å². The van der Waals surface area contributed by atoms with Crippen molar-refractivity contribution >= 4 is 0 Å². The van der Waals surface area contributed by atoms with Gasteiger partial charge in [0.2, 0.25) is 0 Å². The molecule has 0 saturated carbocycles. The van der Waals surface area contributed by atoms with Crippen LogP contribution in [0.3, 0.4) is 0 Å². The number of aromatic nitrogens is 2. The topological polar surface area (TPSA) is 73.5 Å². The summed E-state index contributed by atoms with van der Waals surface area (Å²) < 4.78 is 20.5. The van der Waals surface area contributed by atoms with Gasteiger partial charge in [0.25, 0.3) is 5.56 Å². The molecular weight excluding hydrogens is 339 g/mol. The fourth-order valence-corrected chi connectivity index (χ4v) is 3.17. The molecule has 0 unspecified atom stereocenters. The molecule has 0 aliphatic heterocycles. The van der Waals surface area contributed by atoms with Gasteiger partial charge in [0, 0.05) is 17.7 Å². The van der Waals surface area contributed by atoms with Crippen molar-refractivity contribution in [3.63, 3.8) is 0 Å². The first-order chi connectivity index (χ1) is 12.3. The van der Waals surface area contributed by atoms with Crippen molar-refractivity contribution in [2.45, 2.75) is 46.8 Å². The first kappa shape index (κ1) is 20.1. The third-order valence-corrected chi connectivity index (χ3v) is 4.13. The van der Waals surface area contributed by atoms with E-state index < -0.39 is 11.2 Å². The van der Waals surface area contributed by atoms with Gasteiger partial charge in [-0.3, -0.25) is 9.36 Å². The lowest BCUT2D eigenvalue weighted by atomic mass is 9.96. The van der Waals surface area contributed by atoms with Crippen LogP contribution in [-0.4, -0.2) is 27.7 Å². The number of aliphatic hydroxyl groups excluding tert-OH is 1. The van der Waals surface area contributed by atoms with Crippen LogP contribution in [-0.2, 0) is 17.9 Å². The van der Waals surface area contributed by atoms with Crippen LogP contribution >= 0.6 is 0 Å². The normalized spacial score (nSPS) is 11.3. The van der Waals surface area contributed by atoms with Crippen LogP contribution in [0.25, 0.3) is 0 Å². The Morgan fingerprint density at radius 2 is 1.77 bits per heavy atom. The zero-order chi connectivity index (χ0) is 19.4. The quantitative estimate of drug-likeness (QED) is 0.763. The van der Waals surface area contributed by atoms with Crippen LogP contribution in [0.5, 0.6) is 0 Å². The summed E-state index contributed by atoms with van der Waals surface area (Å²) in [6.07, 6.45) is 0.309. The minimum absolute atomic E-state index is 0.0118. The molecule has 0 aliphatic rings. The van der Waals surface area contributed by atoms with E-state index in [1.165, 1.54) is 0 Å². The SMILES string of the molecule is Cc1cc(C)cc(Cc2c(C(C)C)c(=O)n(F)c(=O)n2COCCO)c1. The van der Waals surface area contributed by atoms with Crippen LogP contribution in [0.4, 0.5) is 4.48 Å². The van der Waals surface area contributed by atoms with Gasteiger partial charge < -0.3 is 9.84 Å². The van der Waals surface area contributed by atoms with Crippen molar-refractivity contribution in [2.24, 2.45) is 0 Å². The highest BCUT2D eigenvalue weighted by Crippen LogP contribution is 2.20. The van der Waals surface area contributed by atoms with E-state index >= 15 is 0 Å². The number of benzene rings is 1. The van der Waals surface area contributed by atoms with E-state index in [9.17, 15) is 14.1 Å². The molecule has 2 rings (SSSR count). The second kappa shape index (κ2) is 8.42. The van der Waals surface area contributed by atoms with Crippen molar-refractivity contribution in [3.8, 4) is 0 Å². The molecule has 1 aromatic carbocycles. The zero-order valence-electron chi connectivity index (χ0n) is 15.6. The predicted octanol–water partition coefficient (Wildman–Crippen LogP) is 2.04. The van der Waals surface area contributed by atoms with Crippen LogP contribution in [0.2, 0.25) is 0 Å². The summed E-state index contributed by atoms with van der Waals surface area (Å²) >= 11 is 0. The maximum Gasteiger partial charge on any atom is 0.362 e. The molecule has 142 valence electrons. The third-order valence-electron chi connectivity index (χ3n) is 4.13. The highest BCUT2D eigenvalue weighted by molar-refractivity contribution is 5.34. The van der Waals surface area contributed by atoms with Gasteiger partial charge in [-0.2, -0.15) is 0 Å². The summed E-state index contributed by atoms with van der Waals surface area (Å²) in [5.74, 6) is -0.268. The molecule has 1 N–H and O–H groups in total. The van der Waals surface area contributed by atoms with E-state index in [-0.39, 0.29) is 36.2 Å². The summed E-state index contributed by atoms with van der Waals surface area (Å²) in [4.78, 5) is 24.3. The molecule has 0 atom stereocenters. The molecule has 0 saturated heterocycles. The van der Waals surface area contributed by atoms with Crippen LogP contribution in [0, 0.1) is 13.8 Å². The van der Waals surface area contributed by atoms with Gasteiger partial charge in [0.05, 0.1) is 13.2 Å². The fourth-order valence-electron chi connectivity index (χ4n) is 3.17. The minimum Gasteiger partial charge on any atom is -0.394 e. The maximum atomic E-state index is 14.1. The summed E-state index contributed by atoms with van der Waals surface area (Å²) in [7, 11) is 0.